The number of benzene rings is 2. The number of amides is 1. The molecule has 0 spiro atoms. The Morgan fingerprint density at radius 3 is 2.65 bits per heavy atom. The molecule has 0 aliphatic carbocycles. The van der Waals surface area contributed by atoms with Gasteiger partial charge in [0, 0.05) is 17.5 Å². The third-order valence-corrected chi connectivity index (χ3v) is 4.48. The molecule has 1 amide bonds. The van der Waals surface area contributed by atoms with Gasteiger partial charge in [0.05, 0.1) is 25.4 Å². The normalized spacial score (nSPS) is 12.0. The minimum Gasteiger partial charge on any atom is -0.493 e. The van der Waals surface area contributed by atoms with Gasteiger partial charge in [-0.2, -0.15) is 5.10 Å². The van der Waals surface area contributed by atoms with Crippen LogP contribution in [0.5, 0.6) is 11.5 Å². The molecule has 0 bridgehead atoms. The van der Waals surface area contributed by atoms with Crippen LogP contribution in [0.25, 0.3) is 10.9 Å². The van der Waals surface area contributed by atoms with Crippen LogP contribution in [0.3, 0.4) is 0 Å². The summed E-state index contributed by atoms with van der Waals surface area (Å²) >= 11 is 0. The lowest BCUT2D eigenvalue weighted by Crippen LogP contribution is -2.31. The standard InChI is InChI=1S/C20H23N3O3/c1-13-16-9-5-6-10-17(16)23(22-13)14(2)20(24)21-12-15-8-7-11-18(25-3)19(15)26-4/h5-11,14H,12H2,1-4H3,(H,21,24)/t14-/m1/s1. The predicted molar refractivity (Wildman–Crippen MR) is 101 cm³/mol. The average Bonchev–Trinajstić information content (AvgIpc) is 3.02. The molecule has 0 radical (unpaired) electrons. The summed E-state index contributed by atoms with van der Waals surface area (Å²) in [6, 6.07) is 13.1. The van der Waals surface area contributed by atoms with Crippen molar-refractivity contribution in [3.8, 4) is 11.5 Å². The van der Waals surface area contributed by atoms with Crippen molar-refractivity contribution in [2.24, 2.45) is 0 Å². The third kappa shape index (κ3) is 3.22. The monoisotopic (exact) mass is 353 g/mol. The molecule has 3 aromatic rings. The molecule has 1 N–H and O–H groups in total. The minimum absolute atomic E-state index is 0.108. The van der Waals surface area contributed by atoms with Crippen LogP contribution >= 0.6 is 0 Å². The molecular weight excluding hydrogens is 330 g/mol. The minimum atomic E-state index is -0.426. The summed E-state index contributed by atoms with van der Waals surface area (Å²) in [6.07, 6.45) is 0. The first-order valence-electron chi connectivity index (χ1n) is 8.48. The number of hydrogen-bond acceptors (Lipinski definition) is 4. The molecule has 136 valence electrons. The van der Waals surface area contributed by atoms with Gasteiger partial charge < -0.3 is 14.8 Å². The molecule has 1 atom stereocenters. The molecule has 6 heteroatoms. The van der Waals surface area contributed by atoms with Crippen LogP contribution in [0.4, 0.5) is 0 Å². The van der Waals surface area contributed by atoms with E-state index in [0.29, 0.717) is 18.0 Å². The maximum atomic E-state index is 12.7. The quantitative estimate of drug-likeness (QED) is 0.739. The number of fused-ring (bicyclic) bond motifs is 1. The van der Waals surface area contributed by atoms with E-state index in [-0.39, 0.29) is 5.91 Å². The van der Waals surface area contributed by atoms with Crippen LogP contribution in [-0.2, 0) is 11.3 Å². The highest BCUT2D eigenvalue weighted by molar-refractivity contribution is 5.86. The zero-order chi connectivity index (χ0) is 18.7. The number of carbonyl (C=O) groups excluding carboxylic acids is 1. The van der Waals surface area contributed by atoms with E-state index in [4.69, 9.17) is 9.47 Å². The smallest absolute Gasteiger partial charge is 0.244 e. The Morgan fingerprint density at radius 2 is 1.92 bits per heavy atom. The summed E-state index contributed by atoms with van der Waals surface area (Å²) in [7, 11) is 3.18. The first kappa shape index (κ1) is 17.8. The van der Waals surface area contributed by atoms with Gasteiger partial charge in [-0.15, -0.1) is 0 Å². The number of nitrogens with one attached hydrogen (secondary N) is 1. The first-order valence-corrected chi connectivity index (χ1v) is 8.48. The molecule has 26 heavy (non-hydrogen) atoms. The fourth-order valence-electron chi connectivity index (χ4n) is 3.08. The number of methoxy groups -OCH3 is 2. The summed E-state index contributed by atoms with van der Waals surface area (Å²) in [6.45, 7) is 4.14. The van der Waals surface area contributed by atoms with Gasteiger partial charge in [0.2, 0.25) is 5.91 Å². The number of para-hydroxylation sites is 2. The Bertz CT molecular complexity index is 933. The average molecular weight is 353 g/mol. The van der Waals surface area contributed by atoms with E-state index in [2.05, 4.69) is 10.4 Å². The molecule has 0 unspecified atom stereocenters. The molecule has 0 aliphatic rings. The Morgan fingerprint density at radius 1 is 1.15 bits per heavy atom. The maximum absolute atomic E-state index is 12.7. The SMILES string of the molecule is COc1cccc(CNC(=O)[C@@H](C)n2nc(C)c3ccccc32)c1OC. The number of hydrogen-bond donors (Lipinski definition) is 1. The van der Waals surface area contributed by atoms with Crippen LogP contribution in [0.2, 0.25) is 0 Å². The van der Waals surface area contributed by atoms with Crippen molar-refractivity contribution in [3.63, 3.8) is 0 Å². The van der Waals surface area contributed by atoms with Crippen LogP contribution < -0.4 is 14.8 Å². The van der Waals surface area contributed by atoms with Gasteiger partial charge in [0.1, 0.15) is 6.04 Å². The summed E-state index contributed by atoms with van der Waals surface area (Å²) in [5.74, 6) is 1.16. The van der Waals surface area contributed by atoms with E-state index in [9.17, 15) is 4.79 Å². The predicted octanol–water partition coefficient (Wildman–Crippen LogP) is 3.24. The Labute approximate surface area is 152 Å². The lowest BCUT2D eigenvalue weighted by Gasteiger charge is -2.16. The topological polar surface area (TPSA) is 65.4 Å². The highest BCUT2D eigenvalue weighted by Crippen LogP contribution is 2.30. The van der Waals surface area contributed by atoms with E-state index in [1.54, 1.807) is 18.9 Å². The van der Waals surface area contributed by atoms with E-state index < -0.39 is 6.04 Å². The molecule has 1 aromatic heterocycles. The Balaban J connectivity index is 1.78. The fourth-order valence-corrected chi connectivity index (χ4v) is 3.08. The van der Waals surface area contributed by atoms with Crippen molar-refractivity contribution in [2.45, 2.75) is 26.4 Å². The highest BCUT2D eigenvalue weighted by Gasteiger charge is 2.20. The zero-order valence-electron chi connectivity index (χ0n) is 15.4. The van der Waals surface area contributed by atoms with Gasteiger partial charge in [-0.1, -0.05) is 30.3 Å². The summed E-state index contributed by atoms with van der Waals surface area (Å²) < 4.78 is 12.5. The van der Waals surface area contributed by atoms with Crippen molar-refractivity contribution < 1.29 is 14.3 Å². The van der Waals surface area contributed by atoms with Gasteiger partial charge in [-0.3, -0.25) is 9.48 Å². The van der Waals surface area contributed by atoms with Crippen molar-refractivity contribution >= 4 is 16.8 Å². The molecular formula is C20H23N3O3. The second-order valence-corrected chi connectivity index (χ2v) is 6.09. The Hall–Kier alpha value is -3.02. The summed E-state index contributed by atoms with van der Waals surface area (Å²) in [5, 5.41) is 8.56. The largest absolute Gasteiger partial charge is 0.493 e. The third-order valence-electron chi connectivity index (χ3n) is 4.48. The second-order valence-electron chi connectivity index (χ2n) is 6.09. The molecule has 0 fully saturated rings. The van der Waals surface area contributed by atoms with E-state index in [0.717, 1.165) is 22.2 Å². The maximum Gasteiger partial charge on any atom is 0.244 e. The van der Waals surface area contributed by atoms with Gasteiger partial charge in [-0.05, 0) is 26.0 Å². The van der Waals surface area contributed by atoms with Crippen LogP contribution in [0, 0.1) is 6.92 Å². The second kappa shape index (κ2) is 7.47. The van der Waals surface area contributed by atoms with Gasteiger partial charge in [-0.25, -0.2) is 0 Å². The van der Waals surface area contributed by atoms with Gasteiger partial charge >= 0.3 is 0 Å². The van der Waals surface area contributed by atoms with Crippen LogP contribution in [0.1, 0.15) is 24.2 Å². The number of nitrogens with zero attached hydrogens (tertiary/aromatic N) is 2. The molecule has 1 heterocycles. The lowest BCUT2D eigenvalue weighted by atomic mass is 10.1. The van der Waals surface area contributed by atoms with E-state index >= 15 is 0 Å². The lowest BCUT2D eigenvalue weighted by molar-refractivity contribution is -0.124. The molecule has 0 aliphatic heterocycles. The van der Waals surface area contributed by atoms with E-state index in [1.807, 2.05) is 56.3 Å². The summed E-state index contributed by atoms with van der Waals surface area (Å²) in [4.78, 5) is 12.7. The molecule has 3 rings (SSSR count). The molecule has 0 saturated carbocycles. The fraction of sp³-hybridized carbons (Fsp3) is 0.300. The number of rotatable bonds is 6. The number of aromatic nitrogens is 2. The highest BCUT2D eigenvalue weighted by atomic mass is 16.5. The van der Waals surface area contributed by atoms with Crippen molar-refractivity contribution in [2.75, 3.05) is 14.2 Å². The molecule has 2 aromatic carbocycles. The van der Waals surface area contributed by atoms with E-state index in [1.165, 1.54) is 0 Å². The van der Waals surface area contributed by atoms with Gasteiger partial charge in [0.25, 0.3) is 0 Å². The van der Waals surface area contributed by atoms with Crippen LogP contribution in [0.15, 0.2) is 42.5 Å². The van der Waals surface area contributed by atoms with Crippen molar-refractivity contribution in [1.29, 1.82) is 0 Å². The van der Waals surface area contributed by atoms with Crippen LogP contribution in [-0.4, -0.2) is 29.9 Å². The number of aryl methyl sites for hydroxylation is 1. The molecule has 6 nitrogen and oxygen atoms in total. The number of ether oxygens (including phenoxy) is 2. The van der Waals surface area contributed by atoms with Crippen molar-refractivity contribution in [1.82, 2.24) is 15.1 Å². The number of carbonyl (C=O) groups is 1. The van der Waals surface area contributed by atoms with Gasteiger partial charge in [0.15, 0.2) is 11.5 Å². The summed E-state index contributed by atoms with van der Waals surface area (Å²) in [5.41, 5.74) is 2.72. The first-order chi connectivity index (χ1) is 12.6. The Kier molecular flexibility index (Phi) is 5.11. The molecule has 0 saturated heterocycles. The zero-order valence-corrected chi connectivity index (χ0v) is 15.4. The van der Waals surface area contributed by atoms with Crippen molar-refractivity contribution in [3.05, 3.63) is 53.7 Å².